The van der Waals surface area contributed by atoms with Gasteiger partial charge < -0.3 is 0 Å². The molecule has 1 unspecified atom stereocenters. The molecule has 270 valence electrons. The summed E-state index contributed by atoms with van der Waals surface area (Å²) in [6, 6.07) is 63.2. The van der Waals surface area contributed by atoms with Crippen LogP contribution >= 0.6 is 0 Å². The molecule has 0 radical (unpaired) electrons. The van der Waals surface area contributed by atoms with E-state index in [-0.39, 0.29) is 0 Å². The van der Waals surface area contributed by atoms with E-state index in [1.165, 1.54) is 49.7 Å². The van der Waals surface area contributed by atoms with Crippen molar-refractivity contribution < 1.29 is 0 Å². The molecule has 0 aliphatic heterocycles. The van der Waals surface area contributed by atoms with Crippen LogP contribution < -0.4 is 0 Å². The minimum absolute atomic E-state index is 0.645. The van der Waals surface area contributed by atoms with E-state index in [1.54, 1.807) is 0 Å². The topological polar surface area (TPSA) is 30.7 Å². The first-order valence-corrected chi connectivity index (χ1v) is 19.4. The van der Waals surface area contributed by atoms with Gasteiger partial charge in [-0.3, -0.25) is 9.55 Å². The van der Waals surface area contributed by atoms with E-state index in [4.69, 9.17) is 9.97 Å². The van der Waals surface area contributed by atoms with Gasteiger partial charge in [-0.25, -0.2) is 4.98 Å². The summed E-state index contributed by atoms with van der Waals surface area (Å²) in [7, 11) is 0. The lowest BCUT2D eigenvalue weighted by molar-refractivity contribution is 0.716. The summed E-state index contributed by atoms with van der Waals surface area (Å²) < 4.78 is 2.26. The number of hydrogen-bond donors (Lipinski definition) is 0. The number of hydrogen-bond acceptors (Lipinski definition) is 2. The van der Waals surface area contributed by atoms with Crippen molar-refractivity contribution in [2.45, 2.75) is 12.3 Å². The van der Waals surface area contributed by atoms with Crippen LogP contribution in [0.3, 0.4) is 0 Å². The molecule has 57 heavy (non-hydrogen) atoms. The van der Waals surface area contributed by atoms with Crippen LogP contribution in [0.2, 0.25) is 0 Å². The lowest BCUT2D eigenvalue weighted by Gasteiger charge is -2.33. The molecule has 2 aromatic heterocycles. The summed E-state index contributed by atoms with van der Waals surface area (Å²) >= 11 is 0. The number of fused-ring (bicyclic) bond motifs is 5. The second-order valence-electron chi connectivity index (χ2n) is 14.7. The third kappa shape index (κ3) is 5.58. The fraction of sp³-hybridized carbons (Fsp3) is 0.0370. The van der Waals surface area contributed by atoms with Crippen LogP contribution in [-0.4, -0.2) is 14.5 Å². The second-order valence-corrected chi connectivity index (χ2v) is 14.7. The highest BCUT2D eigenvalue weighted by Gasteiger charge is 2.47. The van der Waals surface area contributed by atoms with Gasteiger partial charge in [0.05, 0.1) is 22.1 Å². The van der Waals surface area contributed by atoms with E-state index >= 15 is 0 Å². The summed E-state index contributed by atoms with van der Waals surface area (Å²) in [4.78, 5) is 10.2. The van der Waals surface area contributed by atoms with Crippen molar-refractivity contribution in [2.24, 2.45) is 0 Å². The van der Waals surface area contributed by atoms with Crippen LogP contribution in [0.15, 0.2) is 219 Å². The van der Waals surface area contributed by atoms with Gasteiger partial charge >= 0.3 is 0 Å². The smallest absolute Gasteiger partial charge is 0.145 e. The van der Waals surface area contributed by atoms with Crippen molar-refractivity contribution in [1.82, 2.24) is 14.5 Å². The van der Waals surface area contributed by atoms with Gasteiger partial charge in [0.2, 0.25) is 0 Å². The quantitative estimate of drug-likeness (QED) is 0.146. The number of pyridine rings is 1. The SMILES string of the molecule is C=C/C=C\C=C(/C)C1(c2ccccn2)c2cc(-c3ccc(-n4c(-c5ccccc5)nc5ccccc54)cc3)ccc2-c2ccc(-c3cccc4ccccc34)cc21. The zero-order valence-corrected chi connectivity index (χ0v) is 31.7. The molecular formula is C54H39N3. The molecule has 1 aliphatic rings. The van der Waals surface area contributed by atoms with Gasteiger partial charge in [-0.1, -0.05) is 164 Å². The van der Waals surface area contributed by atoms with Gasteiger partial charge in [-0.05, 0) is 111 Å². The molecule has 1 aliphatic carbocycles. The second kappa shape index (κ2) is 14.1. The molecule has 3 nitrogen and oxygen atoms in total. The van der Waals surface area contributed by atoms with Crippen molar-refractivity contribution in [1.29, 1.82) is 0 Å². The Bertz CT molecular complexity index is 3020. The van der Waals surface area contributed by atoms with Gasteiger partial charge in [0.1, 0.15) is 5.82 Å². The van der Waals surface area contributed by atoms with Gasteiger partial charge in [0.25, 0.3) is 0 Å². The first kappa shape index (κ1) is 34.2. The van der Waals surface area contributed by atoms with Crippen molar-refractivity contribution in [2.75, 3.05) is 0 Å². The van der Waals surface area contributed by atoms with Crippen LogP contribution in [0.5, 0.6) is 0 Å². The minimum Gasteiger partial charge on any atom is -0.292 e. The standard InChI is InChI=1S/C54H39N3/c1-3-4-6-16-37(2)54(52-25-13-14-34-55-52)48-35-41(28-32-46(48)47-33-29-42(36-49(47)54)45-22-15-20-39-17-9-10-21-44(39)45)38-26-30-43(31-27-38)57-51-24-12-11-23-50(51)56-53(57)40-18-7-5-8-19-40/h3-36H,1H2,2H3/b6-4-,37-16+. The maximum Gasteiger partial charge on any atom is 0.145 e. The molecule has 1 atom stereocenters. The lowest BCUT2D eigenvalue weighted by atomic mass is 9.69. The number of para-hydroxylation sites is 2. The van der Waals surface area contributed by atoms with Gasteiger partial charge in [-0.2, -0.15) is 0 Å². The van der Waals surface area contributed by atoms with Gasteiger partial charge in [0.15, 0.2) is 0 Å². The molecule has 3 heteroatoms. The van der Waals surface area contributed by atoms with Crippen LogP contribution in [0.25, 0.3) is 72.3 Å². The first-order chi connectivity index (χ1) is 28.1. The Morgan fingerprint density at radius 2 is 1.26 bits per heavy atom. The predicted octanol–water partition coefficient (Wildman–Crippen LogP) is 13.6. The monoisotopic (exact) mass is 729 g/mol. The fourth-order valence-corrected chi connectivity index (χ4v) is 8.91. The highest BCUT2D eigenvalue weighted by molar-refractivity contribution is 5.98. The van der Waals surface area contributed by atoms with E-state index in [1.807, 2.05) is 36.5 Å². The molecule has 0 N–H and O–H groups in total. The molecule has 0 spiro atoms. The molecule has 0 bridgehead atoms. The van der Waals surface area contributed by atoms with Crippen LogP contribution in [0.1, 0.15) is 23.7 Å². The van der Waals surface area contributed by atoms with E-state index in [0.717, 1.165) is 44.9 Å². The Morgan fingerprint density at radius 1 is 0.579 bits per heavy atom. The zero-order chi connectivity index (χ0) is 38.3. The number of nitrogens with zero attached hydrogens (tertiary/aromatic N) is 3. The molecule has 2 heterocycles. The van der Waals surface area contributed by atoms with Crippen molar-refractivity contribution in [3.05, 3.63) is 235 Å². The number of imidazole rings is 1. The minimum atomic E-state index is -0.645. The molecule has 9 aromatic rings. The number of aromatic nitrogens is 3. The predicted molar refractivity (Wildman–Crippen MR) is 238 cm³/mol. The summed E-state index contributed by atoms with van der Waals surface area (Å²) in [5.41, 5.74) is 15.3. The largest absolute Gasteiger partial charge is 0.292 e. The van der Waals surface area contributed by atoms with E-state index in [0.29, 0.717) is 0 Å². The van der Waals surface area contributed by atoms with Crippen molar-refractivity contribution in [3.63, 3.8) is 0 Å². The maximum atomic E-state index is 5.14. The van der Waals surface area contributed by atoms with Crippen LogP contribution in [0.4, 0.5) is 0 Å². The molecular weight excluding hydrogens is 691 g/mol. The molecule has 0 saturated carbocycles. The van der Waals surface area contributed by atoms with Crippen LogP contribution in [0, 0.1) is 0 Å². The van der Waals surface area contributed by atoms with E-state index in [2.05, 4.69) is 188 Å². The summed E-state index contributed by atoms with van der Waals surface area (Å²) in [6.07, 6.45) is 10.0. The average Bonchev–Trinajstić information content (AvgIpc) is 3.81. The Morgan fingerprint density at radius 3 is 2.05 bits per heavy atom. The summed E-state index contributed by atoms with van der Waals surface area (Å²) in [6.45, 7) is 6.18. The molecule has 0 amide bonds. The summed E-state index contributed by atoms with van der Waals surface area (Å²) in [5.74, 6) is 0.927. The number of benzene rings is 7. The van der Waals surface area contributed by atoms with E-state index in [9.17, 15) is 0 Å². The average molecular weight is 730 g/mol. The third-order valence-corrected chi connectivity index (χ3v) is 11.5. The van der Waals surface area contributed by atoms with E-state index < -0.39 is 5.41 Å². The van der Waals surface area contributed by atoms with Crippen molar-refractivity contribution in [3.8, 4) is 50.5 Å². The molecule has 0 fully saturated rings. The Kier molecular flexibility index (Phi) is 8.42. The van der Waals surface area contributed by atoms with Crippen LogP contribution in [-0.2, 0) is 5.41 Å². The van der Waals surface area contributed by atoms with Crippen molar-refractivity contribution >= 4 is 21.8 Å². The normalized spacial score (nSPS) is 14.9. The Balaban J connectivity index is 1.15. The Hall–Kier alpha value is -7.36. The zero-order valence-electron chi connectivity index (χ0n) is 31.7. The number of rotatable bonds is 8. The van der Waals surface area contributed by atoms with Gasteiger partial charge in [-0.15, -0.1) is 0 Å². The highest BCUT2D eigenvalue weighted by atomic mass is 15.1. The molecule has 10 rings (SSSR count). The molecule has 0 saturated heterocycles. The highest BCUT2D eigenvalue weighted by Crippen LogP contribution is 2.57. The summed E-state index contributed by atoms with van der Waals surface area (Å²) in [5, 5.41) is 2.47. The Labute approximate surface area is 333 Å². The fourth-order valence-electron chi connectivity index (χ4n) is 8.91. The van der Waals surface area contributed by atoms with Gasteiger partial charge in [0, 0.05) is 17.4 Å². The molecule has 7 aromatic carbocycles. The third-order valence-electron chi connectivity index (χ3n) is 11.5. The number of allylic oxidation sites excluding steroid dienone is 5. The lowest BCUT2D eigenvalue weighted by Crippen LogP contribution is -2.29. The maximum absolute atomic E-state index is 5.14. The first-order valence-electron chi connectivity index (χ1n) is 19.4.